The van der Waals surface area contributed by atoms with Crippen LogP contribution < -0.4 is 0 Å². The summed E-state index contributed by atoms with van der Waals surface area (Å²) >= 11 is 0. The number of carbonyl (C=O) groups excluding carboxylic acids is 1. The van der Waals surface area contributed by atoms with Gasteiger partial charge in [-0.15, -0.1) is 0 Å². The molecule has 0 radical (unpaired) electrons. The minimum Gasteiger partial charge on any atom is -0.339 e. The Labute approximate surface area is 131 Å². The van der Waals surface area contributed by atoms with Crippen LogP contribution >= 0.6 is 0 Å². The zero-order valence-corrected chi connectivity index (χ0v) is 13.1. The van der Waals surface area contributed by atoms with E-state index in [-0.39, 0.29) is 5.91 Å². The van der Waals surface area contributed by atoms with Gasteiger partial charge in [-0.25, -0.2) is 4.68 Å². The zero-order valence-electron chi connectivity index (χ0n) is 13.1. The van der Waals surface area contributed by atoms with E-state index in [0.29, 0.717) is 0 Å². The third-order valence-corrected chi connectivity index (χ3v) is 4.16. The quantitative estimate of drug-likeness (QED) is 0.816. The summed E-state index contributed by atoms with van der Waals surface area (Å²) in [6.45, 7) is 5.77. The van der Waals surface area contributed by atoms with Crippen LogP contribution in [0.5, 0.6) is 0 Å². The lowest BCUT2D eigenvalue weighted by molar-refractivity contribution is -0.124. The summed E-state index contributed by atoms with van der Waals surface area (Å²) in [6.07, 6.45) is 5.81. The maximum atomic E-state index is 12.1. The summed E-state index contributed by atoms with van der Waals surface area (Å²) in [7, 11) is 0. The van der Waals surface area contributed by atoms with Crippen LogP contribution in [0.15, 0.2) is 36.4 Å². The average molecular weight is 295 g/mol. The molecule has 114 valence electrons. The van der Waals surface area contributed by atoms with Crippen LogP contribution in [0.25, 0.3) is 11.8 Å². The van der Waals surface area contributed by atoms with Gasteiger partial charge in [0.05, 0.1) is 11.4 Å². The van der Waals surface area contributed by atoms with E-state index in [9.17, 15) is 4.79 Å². The maximum absolute atomic E-state index is 12.1. The molecule has 3 rings (SSSR count). The normalized spacial score (nSPS) is 14.9. The molecule has 0 aliphatic carbocycles. The molecule has 0 bridgehead atoms. The van der Waals surface area contributed by atoms with E-state index >= 15 is 0 Å². The van der Waals surface area contributed by atoms with Crippen molar-refractivity contribution < 1.29 is 4.79 Å². The van der Waals surface area contributed by atoms with Gasteiger partial charge in [0, 0.05) is 30.4 Å². The van der Waals surface area contributed by atoms with Crippen molar-refractivity contribution >= 4 is 12.0 Å². The number of likely N-dealkylation sites (tertiary alicyclic amines) is 1. The molecule has 1 aromatic carbocycles. The van der Waals surface area contributed by atoms with Crippen molar-refractivity contribution in [3.05, 3.63) is 53.4 Å². The second kappa shape index (κ2) is 6.18. The number of aromatic nitrogens is 2. The second-order valence-electron chi connectivity index (χ2n) is 5.70. The largest absolute Gasteiger partial charge is 0.339 e. The van der Waals surface area contributed by atoms with Crippen molar-refractivity contribution in [2.75, 3.05) is 13.1 Å². The Morgan fingerprint density at radius 3 is 2.50 bits per heavy atom. The Kier molecular flexibility index (Phi) is 4.09. The number of aryl methyl sites for hydroxylation is 1. The van der Waals surface area contributed by atoms with E-state index in [1.54, 1.807) is 6.08 Å². The number of hydrogen-bond donors (Lipinski definition) is 0. The van der Waals surface area contributed by atoms with Crippen LogP contribution in [0.3, 0.4) is 0 Å². The van der Waals surface area contributed by atoms with Crippen LogP contribution in [0.4, 0.5) is 0 Å². The molecule has 4 nitrogen and oxygen atoms in total. The van der Waals surface area contributed by atoms with Gasteiger partial charge in [-0.05, 0) is 44.9 Å². The van der Waals surface area contributed by atoms with E-state index in [4.69, 9.17) is 0 Å². The van der Waals surface area contributed by atoms with Crippen LogP contribution in [-0.2, 0) is 4.79 Å². The monoisotopic (exact) mass is 295 g/mol. The minimum atomic E-state index is 0.101. The molecule has 0 atom stereocenters. The summed E-state index contributed by atoms with van der Waals surface area (Å²) in [4.78, 5) is 14.0. The molecule has 2 aromatic rings. The average Bonchev–Trinajstić information content (AvgIpc) is 3.15. The summed E-state index contributed by atoms with van der Waals surface area (Å²) in [5.74, 6) is 0.101. The number of benzene rings is 1. The lowest BCUT2D eigenvalue weighted by atomic mass is 10.2. The molecule has 4 heteroatoms. The van der Waals surface area contributed by atoms with E-state index in [0.717, 1.165) is 48.6 Å². The first-order valence-corrected chi connectivity index (χ1v) is 7.75. The van der Waals surface area contributed by atoms with Crippen LogP contribution in [0, 0.1) is 13.8 Å². The van der Waals surface area contributed by atoms with Crippen LogP contribution in [-0.4, -0.2) is 33.7 Å². The predicted octanol–water partition coefficient (Wildman–Crippen LogP) is 3.12. The molecule has 0 spiro atoms. The minimum absolute atomic E-state index is 0.101. The Morgan fingerprint density at radius 1 is 1.14 bits per heavy atom. The number of para-hydroxylation sites is 1. The van der Waals surface area contributed by atoms with Crippen molar-refractivity contribution in [2.45, 2.75) is 26.7 Å². The molecule has 1 fully saturated rings. The van der Waals surface area contributed by atoms with Crippen molar-refractivity contribution in [2.24, 2.45) is 0 Å². The highest BCUT2D eigenvalue weighted by atomic mass is 16.2. The number of nitrogens with zero attached hydrogens (tertiary/aromatic N) is 3. The molecule has 0 saturated carbocycles. The lowest BCUT2D eigenvalue weighted by Crippen LogP contribution is -2.25. The first kappa shape index (κ1) is 14.6. The van der Waals surface area contributed by atoms with E-state index in [2.05, 4.69) is 5.10 Å². The van der Waals surface area contributed by atoms with Crippen molar-refractivity contribution in [3.8, 4) is 5.69 Å². The number of rotatable bonds is 3. The Bertz CT molecular complexity index is 695. The zero-order chi connectivity index (χ0) is 15.5. The third kappa shape index (κ3) is 2.82. The summed E-state index contributed by atoms with van der Waals surface area (Å²) in [5, 5.41) is 4.60. The molecule has 1 saturated heterocycles. The highest BCUT2D eigenvalue weighted by Gasteiger charge is 2.16. The van der Waals surface area contributed by atoms with Crippen molar-refractivity contribution in [1.82, 2.24) is 14.7 Å². The first-order valence-electron chi connectivity index (χ1n) is 7.75. The summed E-state index contributed by atoms with van der Waals surface area (Å²) in [5.41, 5.74) is 4.05. The van der Waals surface area contributed by atoms with Gasteiger partial charge in [0.25, 0.3) is 0 Å². The van der Waals surface area contributed by atoms with Gasteiger partial charge < -0.3 is 4.90 Å². The number of hydrogen-bond acceptors (Lipinski definition) is 2. The standard InChI is InChI=1S/C18H21N3O/c1-14-17(10-11-18(22)20-12-6-7-13-20)15(2)21(19-14)16-8-4-3-5-9-16/h3-5,8-11H,6-7,12-13H2,1-2H3/b11-10+. The fourth-order valence-electron chi connectivity index (χ4n) is 2.91. The van der Waals surface area contributed by atoms with E-state index < -0.39 is 0 Å². The van der Waals surface area contributed by atoms with Gasteiger partial charge in [-0.1, -0.05) is 18.2 Å². The molecular weight excluding hydrogens is 274 g/mol. The molecule has 1 aliphatic rings. The highest BCUT2D eigenvalue weighted by Crippen LogP contribution is 2.19. The van der Waals surface area contributed by atoms with Gasteiger partial charge >= 0.3 is 0 Å². The molecule has 1 aromatic heterocycles. The molecule has 0 N–H and O–H groups in total. The van der Waals surface area contributed by atoms with Gasteiger partial charge in [-0.3, -0.25) is 4.79 Å². The molecule has 22 heavy (non-hydrogen) atoms. The van der Waals surface area contributed by atoms with Crippen molar-refractivity contribution in [1.29, 1.82) is 0 Å². The summed E-state index contributed by atoms with van der Waals surface area (Å²) < 4.78 is 1.93. The molecular formula is C18H21N3O. The Morgan fingerprint density at radius 2 is 1.82 bits per heavy atom. The predicted molar refractivity (Wildman–Crippen MR) is 87.9 cm³/mol. The van der Waals surface area contributed by atoms with Crippen molar-refractivity contribution in [3.63, 3.8) is 0 Å². The van der Waals surface area contributed by atoms with Gasteiger partial charge in [0.2, 0.25) is 5.91 Å². The van der Waals surface area contributed by atoms with Gasteiger partial charge in [-0.2, -0.15) is 5.10 Å². The number of amides is 1. The van der Waals surface area contributed by atoms with Gasteiger partial charge in [0.1, 0.15) is 0 Å². The van der Waals surface area contributed by atoms with Crippen LogP contribution in [0.2, 0.25) is 0 Å². The Balaban J connectivity index is 1.85. The third-order valence-electron chi connectivity index (χ3n) is 4.16. The molecule has 1 amide bonds. The molecule has 2 heterocycles. The molecule has 1 aliphatic heterocycles. The maximum Gasteiger partial charge on any atom is 0.246 e. The second-order valence-corrected chi connectivity index (χ2v) is 5.70. The number of carbonyl (C=O) groups is 1. The topological polar surface area (TPSA) is 38.1 Å². The van der Waals surface area contributed by atoms with Crippen LogP contribution in [0.1, 0.15) is 29.8 Å². The smallest absolute Gasteiger partial charge is 0.246 e. The lowest BCUT2D eigenvalue weighted by Gasteiger charge is -2.11. The van der Waals surface area contributed by atoms with E-state index in [1.165, 1.54) is 0 Å². The fourth-order valence-corrected chi connectivity index (χ4v) is 2.91. The molecule has 0 unspecified atom stereocenters. The highest BCUT2D eigenvalue weighted by molar-refractivity contribution is 5.92. The first-order chi connectivity index (χ1) is 10.7. The SMILES string of the molecule is Cc1nn(-c2ccccc2)c(C)c1/C=C/C(=O)N1CCCC1. The summed E-state index contributed by atoms with van der Waals surface area (Å²) in [6, 6.07) is 10.0. The Hall–Kier alpha value is -2.36. The van der Waals surface area contributed by atoms with Gasteiger partial charge in [0.15, 0.2) is 0 Å². The fraction of sp³-hybridized carbons (Fsp3) is 0.333. The van der Waals surface area contributed by atoms with E-state index in [1.807, 2.05) is 59.8 Å².